The van der Waals surface area contributed by atoms with Gasteiger partial charge in [0, 0.05) is 15.7 Å². The predicted molar refractivity (Wildman–Crippen MR) is 116 cm³/mol. The summed E-state index contributed by atoms with van der Waals surface area (Å²) in [7, 11) is 0. The summed E-state index contributed by atoms with van der Waals surface area (Å²) in [5, 5.41) is 8.45. The number of carbonyl (C=O) groups is 2. The minimum Gasteiger partial charge on any atom is -0.345 e. The Morgan fingerprint density at radius 1 is 1.04 bits per heavy atom. The molecule has 2 amide bonds. The molecule has 3 aromatic rings. The molecule has 142 valence electrons. The van der Waals surface area contributed by atoms with Gasteiger partial charge in [0.2, 0.25) is 0 Å². The first-order chi connectivity index (χ1) is 13.6. The molecule has 2 aromatic carbocycles. The van der Waals surface area contributed by atoms with Gasteiger partial charge in [-0.2, -0.15) is 0 Å². The number of para-hydroxylation sites is 1. The topological polar surface area (TPSA) is 58.2 Å². The molecule has 1 aliphatic rings. The quantitative estimate of drug-likeness (QED) is 0.566. The fourth-order valence-electron chi connectivity index (χ4n) is 3.13. The van der Waals surface area contributed by atoms with E-state index in [-0.39, 0.29) is 17.9 Å². The van der Waals surface area contributed by atoms with Crippen molar-refractivity contribution in [3.05, 3.63) is 81.0 Å². The zero-order chi connectivity index (χ0) is 19.5. The summed E-state index contributed by atoms with van der Waals surface area (Å²) in [5.74, 6) is 0.488. The van der Waals surface area contributed by atoms with Crippen LogP contribution in [0.4, 0.5) is 5.69 Å². The van der Waals surface area contributed by atoms with Crippen LogP contribution in [0.1, 0.15) is 38.1 Å². The Balaban J connectivity index is 1.55. The molecule has 0 bridgehead atoms. The highest BCUT2D eigenvalue weighted by Gasteiger charge is 2.24. The molecule has 1 aromatic heterocycles. The number of hydrogen-bond acceptors (Lipinski definition) is 4. The maximum atomic E-state index is 13.0. The summed E-state index contributed by atoms with van der Waals surface area (Å²) in [6.07, 6.45) is 0.827. The third-order valence-electron chi connectivity index (χ3n) is 4.48. The van der Waals surface area contributed by atoms with E-state index in [1.807, 2.05) is 29.6 Å². The molecular formula is C21H17ClN2O2S2. The minimum absolute atomic E-state index is 0.108. The fraction of sp³-hybridized carbons (Fsp3) is 0.143. The summed E-state index contributed by atoms with van der Waals surface area (Å²) in [5.41, 5.74) is 1.97. The van der Waals surface area contributed by atoms with Gasteiger partial charge in [0.15, 0.2) is 0 Å². The number of fused-ring (bicyclic) bond motifs is 1. The number of thioether (sulfide) groups is 1. The number of rotatable bonds is 4. The molecule has 1 atom stereocenters. The van der Waals surface area contributed by atoms with E-state index >= 15 is 0 Å². The van der Waals surface area contributed by atoms with Crippen molar-refractivity contribution >= 4 is 52.2 Å². The largest absolute Gasteiger partial charge is 0.345 e. The summed E-state index contributed by atoms with van der Waals surface area (Å²) in [4.78, 5) is 27.1. The lowest BCUT2D eigenvalue weighted by molar-refractivity contribution is 0.0936. The van der Waals surface area contributed by atoms with Gasteiger partial charge in [0.05, 0.1) is 22.2 Å². The highest BCUT2D eigenvalue weighted by atomic mass is 35.5. The van der Waals surface area contributed by atoms with Gasteiger partial charge in [-0.05, 0) is 53.8 Å². The highest BCUT2D eigenvalue weighted by molar-refractivity contribution is 7.99. The number of carbonyl (C=O) groups excluding carboxylic acids is 2. The monoisotopic (exact) mass is 428 g/mol. The minimum atomic E-state index is -0.221. The zero-order valence-corrected chi connectivity index (χ0v) is 17.2. The Morgan fingerprint density at radius 3 is 2.71 bits per heavy atom. The van der Waals surface area contributed by atoms with Crippen molar-refractivity contribution in [3.8, 4) is 0 Å². The molecule has 2 heterocycles. The number of nitrogens with one attached hydrogen (secondary N) is 2. The third kappa shape index (κ3) is 4.09. The van der Waals surface area contributed by atoms with E-state index in [1.165, 1.54) is 11.3 Å². The van der Waals surface area contributed by atoms with Gasteiger partial charge in [-0.3, -0.25) is 9.59 Å². The lowest BCUT2D eigenvalue weighted by atomic mass is 10.0. The van der Waals surface area contributed by atoms with Crippen LogP contribution in [0.15, 0.2) is 64.9 Å². The second-order valence-corrected chi connectivity index (χ2v) is 8.84. The van der Waals surface area contributed by atoms with Crippen LogP contribution >= 0.6 is 34.7 Å². The normalized spacial score (nSPS) is 15.5. The summed E-state index contributed by atoms with van der Waals surface area (Å²) in [6.45, 7) is 0. The van der Waals surface area contributed by atoms with Crippen molar-refractivity contribution < 1.29 is 9.59 Å². The smallest absolute Gasteiger partial charge is 0.265 e. The second-order valence-electron chi connectivity index (χ2n) is 6.32. The van der Waals surface area contributed by atoms with Crippen LogP contribution in [-0.2, 0) is 0 Å². The van der Waals surface area contributed by atoms with Gasteiger partial charge in [-0.1, -0.05) is 29.8 Å². The van der Waals surface area contributed by atoms with Crippen LogP contribution < -0.4 is 10.6 Å². The first kappa shape index (κ1) is 19.1. The Labute approximate surface area is 176 Å². The molecule has 2 N–H and O–H groups in total. The average molecular weight is 429 g/mol. The van der Waals surface area contributed by atoms with Crippen molar-refractivity contribution in [2.75, 3.05) is 11.1 Å². The number of thiophene rings is 1. The standard InChI is InChI=1S/C21H17ClN2O2S2/c22-13-7-8-18-15(12-13)17(9-11-28-18)23-20(25)14-4-1-2-5-16(14)24-21(26)19-6-3-10-27-19/h1-8,10,12,17H,9,11H2,(H,23,25)(H,24,26). The SMILES string of the molecule is O=C(Nc1ccccc1C(=O)NC1CCSc2ccc(Cl)cc21)c1cccs1. The molecule has 4 nitrogen and oxygen atoms in total. The van der Waals surface area contributed by atoms with Gasteiger partial charge >= 0.3 is 0 Å². The van der Waals surface area contributed by atoms with E-state index in [0.29, 0.717) is 21.2 Å². The molecule has 1 unspecified atom stereocenters. The molecule has 0 aliphatic carbocycles. The van der Waals surface area contributed by atoms with Crippen LogP contribution in [0, 0.1) is 0 Å². The number of amides is 2. The molecule has 7 heteroatoms. The van der Waals surface area contributed by atoms with Gasteiger partial charge in [0.25, 0.3) is 11.8 Å². The fourth-order valence-corrected chi connectivity index (χ4v) is 5.04. The summed E-state index contributed by atoms with van der Waals surface area (Å²) in [6, 6.07) is 16.3. The summed E-state index contributed by atoms with van der Waals surface area (Å²) < 4.78 is 0. The van der Waals surface area contributed by atoms with Crippen LogP contribution in [0.3, 0.4) is 0 Å². The van der Waals surface area contributed by atoms with Gasteiger partial charge in [-0.15, -0.1) is 23.1 Å². The van der Waals surface area contributed by atoms with Gasteiger partial charge < -0.3 is 10.6 Å². The van der Waals surface area contributed by atoms with E-state index < -0.39 is 0 Å². The van der Waals surface area contributed by atoms with Crippen molar-refractivity contribution in [3.63, 3.8) is 0 Å². The molecule has 28 heavy (non-hydrogen) atoms. The lowest BCUT2D eigenvalue weighted by Gasteiger charge is -2.26. The van der Waals surface area contributed by atoms with Crippen LogP contribution in [0.25, 0.3) is 0 Å². The Morgan fingerprint density at radius 2 is 1.89 bits per heavy atom. The molecule has 1 aliphatic heterocycles. The van der Waals surface area contributed by atoms with Gasteiger partial charge in [0.1, 0.15) is 0 Å². The maximum absolute atomic E-state index is 13.0. The number of anilines is 1. The van der Waals surface area contributed by atoms with Crippen molar-refractivity contribution in [1.29, 1.82) is 0 Å². The summed E-state index contributed by atoms with van der Waals surface area (Å²) >= 11 is 9.29. The molecule has 4 rings (SSSR count). The molecule has 0 radical (unpaired) electrons. The van der Waals surface area contributed by atoms with E-state index in [4.69, 9.17) is 11.6 Å². The van der Waals surface area contributed by atoms with Crippen LogP contribution in [-0.4, -0.2) is 17.6 Å². The molecule has 0 saturated carbocycles. The van der Waals surface area contributed by atoms with Crippen molar-refractivity contribution in [2.45, 2.75) is 17.4 Å². The van der Waals surface area contributed by atoms with E-state index in [2.05, 4.69) is 10.6 Å². The lowest BCUT2D eigenvalue weighted by Crippen LogP contribution is -2.31. The van der Waals surface area contributed by atoms with E-state index in [9.17, 15) is 9.59 Å². The van der Waals surface area contributed by atoms with Gasteiger partial charge in [-0.25, -0.2) is 0 Å². The second kappa shape index (κ2) is 8.39. The number of benzene rings is 2. The van der Waals surface area contributed by atoms with E-state index in [0.717, 1.165) is 22.6 Å². The van der Waals surface area contributed by atoms with Crippen molar-refractivity contribution in [2.24, 2.45) is 0 Å². The highest BCUT2D eigenvalue weighted by Crippen LogP contribution is 2.37. The first-order valence-electron chi connectivity index (χ1n) is 8.79. The molecule has 0 fully saturated rings. The maximum Gasteiger partial charge on any atom is 0.265 e. The first-order valence-corrected chi connectivity index (χ1v) is 11.0. The average Bonchev–Trinajstić information content (AvgIpc) is 3.24. The van der Waals surface area contributed by atoms with E-state index in [1.54, 1.807) is 42.1 Å². The van der Waals surface area contributed by atoms with Crippen LogP contribution in [0.5, 0.6) is 0 Å². The number of halogens is 1. The predicted octanol–water partition coefficient (Wildman–Crippen LogP) is 5.62. The van der Waals surface area contributed by atoms with Crippen molar-refractivity contribution in [1.82, 2.24) is 5.32 Å². The zero-order valence-electron chi connectivity index (χ0n) is 14.8. The number of hydrogen-bond donors (Lipinski definition) is 2. The Hall–Kier alpha value is -2.28. The Bertz CT molecular complexity index is 1020. The Kier molecular flexibility index (Phi) is 5.71. The molecule has 0 saturated heterocycles. The third-order valence-corrected chi connectivity index (χ3v) is 6.71. The molecular weight excluding hydrogens is 412 g/mol. The van der Waals surface area contributed by atoms with Crippen LogP contribution in [0.2, 0.25) is 5.02 Å². The molecule has 0 spiro atoms.